The van der Waals surface area contributed by atoms with Gasteiger partial charge in [0.15, 0.2) is 0 Å². The average Bonchev–Trinajstić information content (AvgIpc) is 3.04. The largest absolute Gasteiger partial charge is 0.442 e. The number of benzene rings is 2. The number of rotatable bonds is 6. The van der Waals surface area contributed by atoms with E-state index in [9.17, 15) is 0 Å². The maximum atomic E-state index is 6.50. The Kier molecular flexibility index (Phi) is 6.60. The summed E-state index contributed by atoms with van der Waals surface area (Å²) in [6.07, 6.45) is 1.80. The Morgan fingerprint density at radius 1 is 1.18 bits per heavy atom. The van der Waals surface area contributed by atoms with Crippen LogP contribution in [0.25, 0.3) is 11.3 Å². The topological polar surface area (TPSA) is 37.7 Å². The predicted molar refractivity (Wildman–Crippen MR) is 120 cm³/mol. The van der Waals surface area contributed by atoms with E-state index in [0.29, 0.717) is 32.6 Å². The number of ether oxygens (including phenoxy) is 1. The molecule has 146 valence electrons. The number of aryl methyl sites for hydroxylation is 1. The van der Waals surface area contributed by atoms with Gasteiger partial charge in [0.25, 0.3) is 0 Å². The second kappa shape index (κ2) is 8.95. The molecule has 1 heterocycles. The third kappa shape index (κ3) is 4.66. The van der Waals surface area contributed by atoms with E-state index in [-0.39, 0.29) is 0 Å². The van der Waals surface area contributed by atoms with Crippen molar-refractivity contribution in [2.75, 3.05) is 7.05 Å². The van der Waals surface area contributed by atoms with Gasteiger partial charge in [-0.25, -0.2) is 4.99 Å². The van der Waals surface area contributed by atoms with Crippen LogP contribution in [-0.2, 0) is 0 Å². The van der Waals surface area contributed by atoms with Crippen LogP contribution < -0.4 is 4.74 Å². The molecule has 1 aromatic heterocycles. The minimum absolute atomic E-state index is 0.370. The Morgan fingerprint density at radius 3 is 2.57 bits per heavy atom. The van der Waals surface area contributed by atoms with Crippen LogP contribution in [-0.4, -0.2) is 28.7 Å². The highest BCUT2D eigenvalue weighted by atomic mass is 35.5. The molecule has 0 amide bonds. The highest BCUT2D eigenvalue weighted by Gasteiger charge is 2.17. The number of aromatic nitrogens is 1. The van der Waals surface area contributed by atoms with Crippen LogP contribution in [0.2, 0.25) is 10.0 Å². The third-order valence-electron chi connectivity index (χ3n) is 4.30. The molecule has 0 atom stereocenters. The van der Waals surface area contributed by atoms with Crippen molar-refractivity contribution in [1.82, 2.24) is 9.27 Å². The fraction of sp³-hybridized carbons (Fsp3) is 0.238. The lowest BCUT2D eigenvalue weighted by Gasteiger charge is -2.17. The molecule has 0 N–H and O–H groups in total. The van der Waals surface area contributed by atoms with Crippen molar-refractivity contribution in [2.24, 2.45) is 4.99 Å². The molecule has 0 spiro atoms. The lowest BCUT2D eigenvalue weighted by molar-refractivity contribution is 0.429. The van der Waals surface area contributed by atoms with E-state index in [1.54, 1.807) is 12.4 Å². The summed E-state index contributed by atoms with van der Waals surface area (Å²) < 4.78 is 10.4. The Hall–Kier alpha value is -2.08. The van der Waals surface area contributed by atoms with Crippen molar-refractivity contribution < 1.29 is 4.74 Å². The lowest BCUT2D eigenvalue weighted by Crippen LogP contribution is -2.24. The predicted octanol–water partition coefficient (Wildman–Crippen LogP) is 7.22. The second-order valence-electron chi connectivity index (χ2n) is 6.67. The van der Waals surface area contributed by atoms with Gasteiger partial charge in [-0.2, -0.15) is 4.37 Å². The highest BCUT2D eigenvalue weighted by Crippen LogP contribution is 2.43. The zero-order valence-electron chi connectivity index (χ0n) is 16.1. The first kappa shape index (κ1) is 20.6. The fourth-order valence-corrected chi connectivity index (χ4v) is 3.57. The van der Waals surface area contributed by atoms with Gasteiger partial charge in [-0.3, -0.25) is 0 Å². The lowest BCUT2D eigenvalue weighted by atomic mass is 10.1. The SMILES string of the molecule is Cc1cc(Oc2snc(-c3ccccc3)c2Cl)c(Cl)cc1N=CN(C)C(C)C. The van der Waals surface area contributed by atoms with E-state index in [4.69, 9.17) is 27.9 Å². The average molecular weight is 434 g/mol. The summed E-state index contributed by atoms with van der Waals surface area (Å²) in [6, 6.07) is 13.8. The summed E-state index contributed by atoms with van der Waals surface area (Å²) in [5.41, 5.74) is 3.40. The molecule has 7 heteroatoms. The number of halogens is 2. The Morgan fingerprint density at radius 2 is 1.89 bits per heavy atom. The summed E-state index contributed by atoms with van der Waals surface area (Å²) in [6.45, 7) is 6.17. The third-order valence-corrected chi connectivity index (χ3v) is 5.79. The molecule has 0 radical (unpaired) electrons. The van der Waals surface area contributed by atoms with Gasteiger partial charge in [-0.15, -0.1) is 0 Å². The van der Waals surface area contributed by atoms with Crippen LogP contribution in [0.3, 0.4) is 0 Å². The van der Waals surface area contributed by atoms with Crippen molar-refractivity contribution >= 4 is 46.8 Å². The summed E-state index contributed by atoms with van der Waals surface area (Å²) in [7, 11) is 1.98. The van der Waals surface area contributed by atoms with Crippen molar-refractivity contribution in [1.29, 1.82) is 0 Å². The van der Waals surface area contributed by atoms with Gasteiger partial charge in [-0.05, 0) is 38.5 Å². The molecule has 0 unspecified atom stereocenters. The minimum Gasteiger partial charge on any atom is -0.442 e. The van der Waals surface area contributed by atoms with Crippen LogP contribution in [0.1, 0.15) is 19.4 Å². The molecule has 0 aliphatic rings. The molecule has 0 saturated heterocycles. The van der Waals surface area contributed by atoms with Gasteiger partial charge in [0.1, 0.15) is 16.5 Å². The summed E-state index contributed by atoms with van der Waals surface area (Å²) in [4.78, 5) is 6.55. The first-order valence-electron chi connectivity index (χ1n) is 8.81. The zero-order valence-corrected chi connectivity index (χ0v) is 18.4. The molecule has 0 saturated carbocycles. The Labute approximate surface area is 179 Å². The van der Waals surface area contributed by atoms with Gasteiger partial charge in [-0.1, -0.05) is 53.5 Å². The van der Waals surface area contributed by atoms with Gasteiger partial charge >= 0.3 is 0 Å². The van der Waals surface area contributed by atoms with Crippen LogP contribution in [0, 0.1) is 6.92 Å². The number of aliphatic imine (C=N–C) groups is 1. The van der Waals surface area contributed by atoms with Crippen molar-refractivity contribution in [3.63, 3.8) is 0 Å². The molecular formula is C21H21Cl2N3OS. The van der Waals surface area contributed by atoms with Crippen molar-refractivity contribution in [2.45, 2.75) is 26.8 Å². The summed E-state index contributed by atoms with van der Waals surface area (Å²) in [5.74, 6) is 0.528. The number of nitrogens with zero attached hydrogens (tertiary/aromatic N) is 3. The van der Waals surface area contributed by atoms with E-state index >= 15 is 0 Å². The van der Waals surface area contributed by atoms with E-state index in [1.165, 1.54) is 11.5 Å². The van der Waals surface area contributed by atoms with E-state index < -0.39 is 0 Å². The molecule has 0 aliphatic carbocycles. The quantitative estimate of drug-likeness (QED) is 0.304. The summed E-state index contributed by atoms with van der Waals surface area (Å²) >= 11 is 14.1. The highest BCUT2D eigenvalue weighted by molar-refractivity contribution is 7.08. The zero-order chi connectivity index (χ0) is 20.3. The van der Waals surface area contributed by atoms with E-state index in [2.05, 4.69) is 23.2 Å². The molecule has 3 aromatic rings. The molecule has 0 fully saturated rings. The Bertz CT molecular complexity index is 987. The smallest absolute Gasteiger partial charge is 0.219 e. The van der Waals surface area contributed by atoms with Crippen LogP contribution in [0.15, 0.2) is 47.5 Å². The normalized spacial score (nSPS) is 11.4. The fourth-order valence-electron chi connectivity index (χ4n) is 2.35. The maximum absolute atomic E-state index is 6.50. The first-order chi connectivity index (χ1) is 13.4. The van der Waals surface area contributed by atoms with Crippen LogP contribution in [0.4, 0.5) is 5.69 Å². The van der Waals surface area contributed by atoms with Gasteiger partial charge in [0.2, 0.25) is 5.06 Å². The van der Waals surface area contributed by atoms with Crippen LogP contribution in [0.5, 0.6) is 10.8 Å². The van der Waals surface area contributed by atoms with Gasteiger partial charge < -0.3 is 9.64 Å². The molecule has 0 aliphatic heterocycles. The molecule has 28 heavy (non-hydrogen) atoms. The Balaban J connectivity index is 1.84. The molecular weight excluding hydrogens is 413 g/mol. The van der Waals surface area contributed by atoms with Gasteiger partial charge in [0, 0.05) is 30.2 Å². The molecule has 3 rings (SSSR count). The number of hydrogen-bond acceptors (Lipinski definition) is 4. The standard InChI is InChI=1S/C21H21Cl2N3OS/c1-13(2)26(4)12-24-17-11-16(22)18(10-14(17)3)27-21-19(23)20(25-28-21)15-8-6-5-7-9-15/h5-13H,1-4H3. The van der Waals surface area contributed by atoms with E-state index in [0.717, 1.165) is 16.8 Å². The van der Waals surface area contributed by atoms with Crippen LogP contribution >= 0.6 is 34.7 Å². The molecule has 4 nitrogen and oxygen atoms in total. The van der Waals surface area contributed by atoms with E-state index in [1.807, 2.05) is 55.3 Å². The van der Waals surface area contributed by atoms with Crippen molar-refractivity contribution in [3.8, 4) is 22.1 Å². The van der Waals surface area contributed by atoms with Gasteiger partial charge in [0.05, 0.1) is 17.0 Å². The summed E-state index contributed by atoms with van der Waals surface area (Å²) in [5, 5.41) is 1.46. The first-order valence-corrected chi connectivity index (χ1v) is 10.3. The number of hydrogen-bond donors (Lipinski definition) is 0. The maximum Gasteiger partial charge on any atom is 0.219 e. The molecule has 2 aromatic carbocycles. The molecule has 0 bridgehead atoms. The van der Waals surface area contributed by atoms with Crippen molar-refractivity contribution in [3.05, 3.63) is 58.1 Å². The minimum atomic E-state index is 0.370. The monoisotopic (exact) mass is 433 g/mol. The second-order valence-corrected chi connectivity index (χ2v) is 8.19.